The van der Waals surface area contributed by atoms with Crippen LogP contribution in [0, 0.1) is 5.41 Å². The van der Waals surface area contributed by atoms with Crippen LogP contribution >= 0.6 is 0 Å². The molecule has 23 heavy (non-hydrogen) atoms. The van der Waals surface area contributed by atoms with Crippen LogP contribution in [0.5, 0.6) is 0 Å². The number of benzene rings is 1. The summed E-state index contributed by atoms with van der Waals surface area (Å²) < 4.78 is 0. The van der Waals surface area contributed by atoms with Crippen LogP contribution < -0.4 is 5.32 Å². The van der Waals surface area contributed by atoms with Crippen molar-refractivity contribution >= 4 is 12.0 Å². The third kappa shape index (κ3) is 4.22. The summed E-state index contributed by atoms with van der Waals surface area (Å²) in [5, 5.41) is 21.2. The summed E-state index contributed by atoms with van der Waals surface area (Å²) >= 11 is 0. The number of rotatable bonds is 5. The number of hydrogen-bond acceptors (Lipinski definition) is 3. The zero-order valence-corrected chi connectivity index (χ0v) is 13.4. The molecule has 6 heteroatoms. The molecule has 0 bridgehead atoms. The van der Waals surface area contributed by atoms with E-state index < -0.39 is 5.97 Å². The Labute approximate surface area is 136 Å². The number of nitrogens with zero attached hydrogens (tertiary/aromatic N) is 1. The van der Waals surface area contributed by atoms with E-state index in [2.05, 4.69) is 12.2 Å². The molecule has 0 atom stereocenters. The van der Waals surface area contributed by atoms with Gasteiger partial charge in [0.15, 0.2) is 0 Å². The van der Waals surface area contributed by atoms with Gasteiger partial charge in [0.2, 0.25) is 0 Å². The van der Waals surface area contributed by atoms with E-state index in [0.29, 0.717) is 19.6 Å². The van der Waals surface area contributed by atoms with Crippen molar-refractivity contribution in [1.82, 2.24) is 10.2 Å². The number of carbonyl (C=O) groups excluding carboxylic acids is 1. The lowest BCUT2D eigenvalue weighted by Gasteiger charge is -2.40. The van der Waals surface area contributed by atoms with Crippen LogP contribution in [0.2, 0.25) is 0 Å². The summed E-state index contributed by atoms with van der Waals surface area (Å²) in [6.07, 6.45) is 2.57. The van der Waals surface area contributed by atoms with Gasteiger partial charge >= 0.3 is 12.0 Å². The molecular formula is C17H24N2O4. The number of aliphatic hydroxyl groups excluding tert-OH is 1. The molecule has 6 nitrogen and oxygen atoms in total. The van der Waals surface area contributed by atoms with Gasteiger partial charge in [0.1, 0.15) is 0 Å². The number of carboxylic acids is 1. The highest BCUT2D eigenvalue weighted by Gasteiger charge is 2.33. The van der Waals surface area contributed by atoms with E-state index in [1.165, 1.54) is 12.1 Å². The molecule has 1 aromatic rings. The molecule has 2 amide bonds. The minimum Gasteiger partial charge on any atom is -0.478 e. The van der Waals surface area contributed by atoms with Gasteiger partial charge in [-0.3, -0.25) is 0 Å². The lowest BCUT2D eigenvalue weighted by Crippen LogP contribution is -2.48. The lowest BCUT2D eigenvalue weighted by molar-refractivity contribution is 0.0519. The van der Waals surface area contributed by atoms with Crippen LogP contribution in [0.3, 0.4) is 0 Å². The Morgan fingerprint density at radius 3 is 2.30 bits per heavy atom. The van der Waals surface area contributed by atoms with E-state index >= 15 is 0 Å². The second-order valence-electron chi connectivity index (χ2n) is 6.16. The number of likely N-dealkylation sites (tertiary alicyclic amines) is 1. The van der Waals surface area contributed by atoms with Crippen molar-refractivity contribution in [3.8, 4) is 0 Å². The zero-order chi connectivity index (χ0) is 16.9. The Morgan fingerprint density at radius 1 is 1.22 bits per heavy atom. The molecule has 1 aromatic carbocycles. The monoisotopic (exact) mass is 320 g/mol. The fraction of sp³-hybridized carbons (Fsp3) is 0.529. The van der Waals surface area contributed by atoms with Crippen LogP contribution in [0.1, 0.15) is 42.1 Å². The van der Waals surface area contributed by atoms with Crippen LogP contribution in [0.15, 0.2) is 24.3 Å². The molecule has 1 aliphatic heterocycles. The number of amides is 2. The van der Waals surface area contributed by atoms with Gasteiger partial charge in [-0.15, -0.1) is 0 Å². The van der Waals surface area contributed by atoms with Crippen LogP contribution in [0.4, 0.5) is 4.79 Å². The average molecular weight is 320 g/mol. The zero-order valence-electron chi connectivity index (χ0n) is 13.4. The van der Waals surface area contributed by atoms with Gasteiger partial charge < -0.3 is 20.4 Å². The normalized spacial score (nSPS) is 16.9. The number of carboxylic acid groups (broad SMARTS) is 1. The predicted molar refractivity (Wildman–Crippen MR) is 86.3 cm³/mol. The second kappa shape index (κ2) is 7.46. The summed E-state index contributed by atoms with van der Waals surface area (Å²) in [5.41, 5.74) is 1.05. The molecule has 0 unspecified atom stereocenters. The molecule has 2 rings (SSSR count). The first-order chi connectivity index (χ1) is 11.0. The minimum atomic E-state index is -0.961. The standard InChI is InChI=1S/C17H24N2O4/c1-2-17(12-20)7-9-19(10-8-17)16(23)18-11-13-3-5-14(6-4-13)15(21)22/h3-6,20H,2,7-12H2,1H3,(H,18,23)(H,21,22). The number of urea groups is 1. The second-order valence-corrected chi connectivity index (χ2v) is 6.16. The molecule has 1 fully saturated rings. The molecule has 3 N–H and O–H groups in total. The molecule has 0 radical (unpaired) electrons. The number of carbonyl (C=O) groups is 2. The van der Waals surface area contributed by atoms with Gasteiger partial charge in [-0.05, 0) is 42.4 Å². The molecule has 0 aromatic heterocycles. The molecule has 1 heterocycles. The first kappa shape index (κ1) is 17.3. The minimum absolute atomic E-state index is 0.0383. The van der Waals surface area contributed by atoms with Crippen molar-refractivity contribution in [2.45, 2.75) is 32.7 Å². The Bertz CT molecular complexity index is 542. The maximum Gasteiger partial charge on any atom is 0.335 e. The van der Waals surface area contributed by atoms with Crippen molar-refractivity contribution in [1.29, 1.82) is 0 Å². The van der Waals surface area contributed by atoms with Gasteiger partial charge in [0, 0.05) is 26.2 Å². The Kier molecular flexibility index (Phi) is 5.60. The Hall–Kier alpha value is -2.08. The highest BCUT2D eigenvalue weighted by molar-refractivity contribution is 5.87. The predicted octanol–water partition coefficient (Wildman–Crippen LogP) is 2.08. The van der Waals surface area contributed by atoms with Crippen molar-refractivity contribution < 1.29 is 19.8 Å². The van der Waals surface area contributed by atoms with Gasteiger partial charge in [0.25, 0.3) is 0 Å². The molecule has 0 aliphatic carbocycles. The van der Waals surface area contributed by atoms with Crippen LogP contribution in [-0.4, -0.2) is 46.8 Å². The first-order valence-corrected chi connectivity index (χ1v) is 7.95. The molecular weight excluding hydrogens is 296 g/mol. The molecule has 1 aliphatic rings. The Balaban J connectivity index is 1.82. The first-order valence-electron chi connectivity index (χ1n) is 7.95. The number of piperidine rings is 1. The highest BCUT2D eigenvalue weighted by Crippen LogP contribution is 2.34. The Morgan fingerprint density at radius 2 is 1.83 bits per heavy atom. The largest absolute Gasteiger partial charge is 0.478 e. The number of aliphatic hydroxyl groups is 1. The molecule has 126 valence electrons. The topological polar surface area (TPSA) is 89.9 Å². The fourth-order valence-electron chi connectivity index (χ4n) is 2.86. The van der Waals surface area contributed by atoms with E-state index in [0.717, 1.165) is 24.8 Å². The maximum atomic E-state index is 12.2. The third-order valence-electron chi connectivity index (χ3n) is 4.84. The van der Waals surface area contributed by atoms with Gasteiger partial charge in [-0.1, -0.05) is 19.1 Å². The fourth-order valence-corrected chi connectivity index (χ4v) is 2.86. The van der Waals surface area contributed by atoms with Gasteiger partial charge in [-0.2, -0.15) is 0 Å². The summed E-state index contributed by atoms with van der Waals surface area (Å²) in [4.78, 5) is 24.8. The lowest BCUT2D eigenvalue weighted by atomic mass is 9.77. The number of aromatic carboxylic acids is 1. The van der Waals surface area contributed by atoms with Gasteiger partial charge in [0.05, 0.1) is 5.56 Å². The van der Waals surface area contributed by atoms with Crippen molar-refractivity contribution in [3.63, 3.8) is 0 Å². The molecule has 0 saturated carbocycles. The smallest absolute Gasteiger partial charge is 0.335 e. The van der Waals surface area contributed by atoms with Crippen molar-refractivity contribution in [3.05, 3.63) is 35.4 Å². The average Bonchev–Trinajstić information content (AvgIpc) is 2.60. The summed E-state index contributed by atoms with van der Waals surface area (Å²) in [5.74, 6) is -0.961. The van der Waals surface area contributed by atoms with Crippen molar-refractivity contribution in [2.75, 3.05) is 19.7 Å². The van der Waals surface area contributed by atoms with E-state index in [1.54, 1.807) is 17.0 Å². The summed E-state index contributed by atoms with van der Waals surface area (Å²) in [6, 6.07) is 6.35. The van der Waals surface area contributed by atoms with Crippen LogP contribution in [-0.2, 0) is 6.54 Å². The maximum absolute atomic E-state index is 12.2. The summed E-state index contributed by atoms with van der Waals surface area (Å²) in [7, 11) is 0. The van der Waals surface area contributed by atoms with Crippen molar-refractivity contribution in [2.24, 2.45) is 5.41 Å². The van der Waals surface area contributed by atoms with E-state index in [1.807, 2.05) is 0 Å². The van der Waals surface area contributed by atoms with Gasteiger partial charge in [-0.25, -0.2) is 9.59 Å². The molecule has 1 saturated heterocycles. The number of nitrogens with one attached hydrogen (secondary N) is 1. The third-order valence-corrected chi connectivity index (χ3v) is 4.84. The quantitative estimate of drug-likeness (QED) is 0.775. The summed E-state index contributed by atoms with van der Waals surface area (Å²) in [6.45, 7) is 3.92. The van der Waals surface area contributed by atoms with E-state index in [4.69, 9.17) is 5.11 Å². The van der Waals surface area contributed by atoms with Crippen LogP contribution in [0.25, 0.3) is 0 Å². The van der Waals surface area contributed by atoms with E-state index in [9.17, 15) is 14.7 Å². The van der Waals surface area contributed by atoms with E-state index in [-0.39, 0.29) is 23.6 Å². The SMILES string of the molecule is CCC1(CO)CCN(C(=O)NCc2ccc(C(=O)O)cc2)CC1. The molecule has 0 spiro atoms. The highest BCUT2D eigenvalue weighted by atomic mass is 16.4. The number of hydrogen-bond donors (Lipinski definition) is 3.